The zero-order chi connectivity index (χ0) is 14.2. The Balaban J connectivity index is 2.14. The van der Waals surface area contributed by atoms with Gasteiger partial charge in [-0.3, -0.25) is 0 Å². The van der Waals surface area contributed by atoms with Crippen LogP contribution in [0, 0.1) is 6.92 Å². The minimum Gasteiger partial charge on any atom is -0.233 e. The maximum Gasteiger partial charge on any atom is 0.126 e. The summed E-state index contributed by atoms with van der Waals surface area (Å²) in [5, 5.41) is 3.55. The maximum atomic E-state index is 4.71. The van der Waals surface area contributed by atoms with Crippen molar-refractivity contribution in [2.45, 2.75) is 6.92 Å². The molecule has 0 radical (unpaired) electrons. The molecule has 0 unspecified atom stereocenters. The zero-order valence-corrected chi connectivity index (χ0v) is 11.7. The van der Waals surface area contributed by atoms with Crippen LogP contribution in [0.5, 0.6) is 0 Å². The molecule has 0 N–H and O–H groups in total. The topological polar surface area (TPSA) is 25.8 Å². The molecular formula is C19H14N2. The normalized spacial score (nSPS) is 11.1. The number of aryl methyl sites for hydroxylation is 1. The van der Waals surface area contributed by atoms with Crippen molar-refractivity contribution in [3.63, 3.8) is 0 Å². The van der Waals surface area contributed by atoms with Crippen molar-refractivity contribution in [3.8, 4) is 11.3 Å². The van der Waals surface area contributed by atoms with E-state index in [1.54, 1.807) is 0 Å². The van der Waals surface area contributed by atoms with E-state index in [-0.39, 0.29) is 0 Å². The maximum absolute atomic E-state index is 4.71. The average molecular weight is 270 g/mol. The molecule has 1 aromatic heterocycles. The van der Waals surface area contributed by atoms with E-state index in [1.165, 1.54) is 10.8 Å². The summed E-state index contributed by atoms with van der Waals surface area (Å²) < 4.78 is 0. The van der Waals surface area contributed by atoms with Gasteiger partial charge in [0.15, 0.2) is 0 Å². The van der Waals surface area contributed by atoms with Crippen LogP contribution in [0.1, 0.15) is 5.82 Å². The lowest BCUT2D eigenvalue weighted by Crippen LogP contribution is -1.94. The molecule has 100 valence electrons. The summed E-state index contributed by atoms with van der Waals surface area (Å²) in [7, 11) is 0. The van der Waals surface area contributed by atoms with E-state index in [4.69, 9.17) is 4.98 Å². The fourth-order valence-electron chi connectivity index (χ4n) is 2.83. The van der Waals surface area contributed by atoms with Crippen LogP contribution in [-0.4, -0.2) is 9.97 Å². The molecule has 0 saturated carbocycles. The van der Waals surface area contributed by atoms with Gasteiger partial charge in [-0.25, -0.2) is 9.97 Å². The minimum atomic E-state index is 0.802. The number of fused-ring (bicyclic) bond motifs is 2. The van der Waals surface area contributed by atoms with Crippen molar-refractivity contribution in [2.75, 3.05) is 0 Å². The average Bonchev–Trinajstić information content (AvgIpc) is 2.53. The number of hydrogen-bond acceptors (Lipinski definition) is 2. The Morgan fingerprint density at radius 3 is 2.29 bits per heavy atom. The third kappa shape index (κ3) is 1.96. The smallest absolute Gasteiger partial charge is 0.126 e. The molecule has 1 heterocycles. The van der Waals surface area contributed by atoms with Gasteiger partial charge in [-0.1, -0.05) is 60.7 Å². The van der Waals surface area contributed by atoms with Crippen molar-refractivity contribution in [2.24, 2.45) is 0 Å². The SMILES string of the molecule is Cc1nc(-c2cccc3ccccc23)c2ccccc2n1. The number of benzene rings is 3. The third-order valence-corrected chi connectivity index (χ3v) is 3.76. The van der Waals surface area contributed by atoms with Crippen molar-refractivity contribution < 1.29 is 0 Å². The van der Waals surface area contributed by atoms with Gasteiger partial charge < -0.3 is 0 Å². The van der Waals surface area contributed by atoms with Crippen LogP contribution in [0.15, 0.2) is 66.7 Å². The second-order valence-corrected chi connectivity index (χ2v) is 5.16. The number of para-hydroxylation sites is 1. The highest BCUT2D eigenvalue weighted by atomic mass is 14.9. The Hall–Kier alpha value is -2.74. The van der Waals surface area contributed by atoms with Gasteiger partial charge in [0, 0.05) is 10.9 Å². The van der Waals surface area contributed by atoms with E-state index < -0.39 is 0 Å². The summed E-state index contributed by atoms with van der Waals surface area (Å²) in [5.74, 6) is 0.802. The molecule has 0 atom stereocenters. The molecule has 0 amide bonds. The van der Waals surface area contributed by atoms with Gasteiger partial charge in [-0.2, -0.15) is 0 Å². The largest absolute Gasteiger partial charge is 0.233 e. The quantitative estimate of drug-likeness (QED) is 0.498. The molecule has 2 heteroatoms. The molecule has 2 nitrogen and oxygen atoms in total. The Bertz CT molecular complexity index is 952. The molecule has 0 aliphatic heterocycles. The Labute approximate surface area is 123 Å². The van der Waals surface area contributed by atoms with Crippen molar-refractivity contribution >= 4 is 21.7 Å². The first-order valence-corrected chi connectivity index (χ1v) is 7.04. The van der Waals surface area contributed by atoms with Gasteiger partial charge in [0.2, 0.25) is 0 Å². The molecule has 0 aliphatic rings. The molecule has 0 aliphatic carbocycles. The first kappa shape index (κ1) is 12.0. The van der Waals surface area contributed by atoms with Crippen LogP contribution in [0.3, 0.4) is 0 Å². The van der Waals surface area contributed by atoms with Crippen molar-refractivity contribution in [3.05, 3.63) is 72.6 Å². The summed E-state index contributed by atoms with van der Waals surface area (Å²) in [6, 6.07) is 23.0. The highest BCUT2D eigenvalue weighted by Crippen LogP contribution is 2.31. The first-order valence-electron chi connectivity index (χ1n) is 7.04. The summed E-state index contributed by atoms with van der Waals surface area (Å²) >= 11 is 0. The van der Waals surface area contributed by atoms with E-state index in [0.717, 1.165) is 28.0 Å². The summed E-state index contributed by atoms with van der Waals surface area (Å²) in [5.41, 5.74) is 3.16. The minimum absolute atomic E-state index is 0.802. The van der Waals surface area contributed by atoms with Gasteiger partial charge in [0.05, 0.1) is 11.2 Å². The molecule has 0 bridgehead atoms. The van der Waals surface area contributed by atoms with Crippen LogP contribution in [0.2, 0.25) is 0 Å². The van der Waals surface area contributed by atoms with E-state index in [0.29, 0.717) is 0 Å². The zero-order valence-electron chi connectivity index (χ0n) is 11.7. The fourth-order valence-corrected chi connectivity index (χ4v) is 2.83. The highest BCUT2D eigenvalue weighted by molar-refractivity contribution is 6.02. The molecule has 21 heavy (non-hydrogen) atoms. The van der Waals surface area contributed by atoms with Gasteiger partial charge in [0.25, 0.3) is 0 Å². The highest BCUT2D eigenvalue weighted by Gasteiger charge is 2.10. The lowest BCUT2D eigenvalue weighted by atomic mass is 9.99. The number of aromatic nitrogens is 2. The standard InChI is InChI=1S/C19H14N2/c1-13-20-18-12-5-4-10-17(18)19(21-13)16-11-6-8-14-7-2-3-9-15(14)16/h2-12H,1H3. The van der Waals surface area contributed by atoms with Crippen LogP contribution in [0.25, 0.3) is 32.9 Å². The summed E-state index contributed by atoms with van der Waals surface area (Å²) in [6.07, 6.45) is 0. The lowest BCUT2D eigenvalue weighted by molar-refractivity contribution is 1.10. The van der Waals surface area contributed by atoms with Crippen LogP contribution < -0.4 is 0 Å². The van der Waals surface area contributed by atoms with Gasteiger partial charge >= 0.3 is 0 Å². The number of rotatable bonds is 1. The van der Waals surface area contributed by atoms with E-state index in [9.17, 15) is 0 Å². The number of hydrogen-bond donors (Lipinski definition) is 0. The van der Waals surface area contributed by atoms with Gasteiger partial charge in [0.1, 0.15) is 5.82 Å². The molecule has 0 fully saturated rings. The predicted molar refractivity (Wildman–Crippen MR) is 87.2 cm³/mol. The second-order valence-electron chi connectivity index (χ2n) is 5.16. The monoisotopic (exact) mass is 270 g/mol. The molecule has 0 spiro atoms. The van der Waals surface area contributed by atoms with Gasteiger partial charge in [-0.15, -0.1) is 0 Å². The van der Waals surface area contributed by atoms with Crippen molar-refractivity contribution in [1.82, 2.24) is 9.97 Å². The first-order chi connectivity index (χ1) is 10.3. The van der Waals surface area contributed by atoms with Gasteiger partial charge in [-0.05, 0) is 23.8 Å². The van der Waals surface area contributed by atoms with E-state index in [2.05, 4.69) is 53.5 Å². The van der Waals surface area contributed by atoms with E-state index >= 15 is 0 Å². The Morgan fingerprint density at radius 2 is 1.38 bits per heavy atom. The summed E-state index contributed by atoms with van der Waals surface area (Å²) in [6.45, 7) is 1.95. The lowest BCUT2D eigenvalue weighted by Gasteiger charge is -2.10. The van der Waals surface area contributed by atoms with Crippen LogP contribution >= 0.6 is 0 Å². The molecule has 4 rings (SSSR count). The predicted octanol–water partition coefficient (Wildman–Crippen LogP) is 4.76. The molecular weight excluding hydrogens is 256 g/mol. The molecule has 4 aromatic rings. The fraction of sp³-hybridized carbons (Fsp3) is 0.0526. The van der Waals surface area contributed by atoms with Crippen molar-refractivity contribution in [1.29, 1.82) is 0 Å². The Morgan fingerprint density at radius 1 is 0.667 bits per heavy atom. The second kappa shape index (κ2) is 4.67. The molecule has 3 aromatic carbocycles. The Kier molecular flexibility index (Phi) is 2.68. The van der Waals surface area contributed by atoms with E-state index in [1.807, 2.05) is 25.1 Å². The third-order valence-electron chi connectivity index (χ3n) is 3.76. The molecule has 0 saturated heterocycles. The van der Waals surface area contributed by atoms with Crippen LogP contribution in [0.4, 0.5) is 0 Å². The number of nitrogens with zero attached hydrogens (tertiary/aromatic N) is 2. The summed E-state index contributed by atoms with van der Waals surface area (Å²) in [4.78, 5) is 9.24. The van der Waals surface area contributed by atoms with Crippen LogP contribution in [-0.2, 0) is 0 Å².